The lowest BCUT2D eigenvalue weighted by Crippen LogP contribution is -2.25. The van der Waals surface area contributed by atoms with Gasteiger partial charge < -0.3 is 0 Å². The first-order valence-corrected chi connectivity index (χ1v) is 9.23. The molecule has 0 N–H and O–H groups in total. The lowest BCUT2D eigenvalue weighted by atomic mass is 9.71. The Balaban J connectivity index is 1.84. The second-order valence-corrected chi connectivity index (χ2v) is 7.79. The van der Waals surface area contributed by atoms with Crippen LogP contribution in [0, 0.1) is 16.7 Å². The fraction of sp³-hybridized carbons (Fsp3) is 0.227. The third-order valence-corrected chi connectivity index (χ3v) is 5.93. The molecule has 0 amide bonds. The minimum atomic E-state index is 0.138. The van der Waals surface area contributed by atoms with E-state index in [4.69, 9.17) is 0 Å². The van der Waals surface area contributed by atoms with Gasteiger partial charge in [-0.15, -0.1) is 0 Å². The Morgan fingerprint density at radius 1 is 1.17 bits per heavy atom. The molecule has 1 nitrogen and oxygen atoms in total. The summed E-state index contributed by atoms with van der Waals surface area (Å²) in [6, 6.07) is 21.5. The standard InChI is InChI=1S/C22H19NS/c1-22(12-17-9-10-24-15-17)13-19-8-7-16(14-23)11-20(19)21(22)18-5-3-2-4-6-18/h2-11,15,21H,12-13H2,1H3/t21-,22+/m0/s1. The van der Waals surface area contributed by atoms with Crippen molar-refractivity contribution in [3.05, 3.63) is 93.2 Å². The van der Waals surface area contributed by atoms with Crippen LogP contribution in [-0.4, -0.2) is 0 Å². The lowest BCUT2D eigenvalue weighted by Gasteiger charge is -2.32. The second-order valence-electron chi connectivity index (χ2n) is 7.01. The summed E-state index contributed by atoms with van der Waals surface area (Å²) in [5.74, 6) is 0.335. The number of fused-ring (bicyclic) bond motifs is 1. The number of hydrogen-bond donors (Lipinski definition) is 0. The van der Waals surface area contributed by atoms with Crippen LogP contribution in [0.4, 0.5) is 0 Å². The van der Waals surface area contributed by atoms with Crippen molar-refractivity contribution >= 4 is 11.3 Å². The molecule has 2 atom stereocenters. The predicted octanol–water partition coefficient (Wildman–Crippen LogP) is 5.56. The van der Waals surface area contributed by atoms with Crippen LogP contribution in [0.25, 0.3) is 0 Å². The fourth-order valence-corrected chi connectivity index (χ4v) is 4.93. The molecule has 2 heteroatoms. The number of thiophene rings is 1. The van der Waals surface area contributed by atoms with Crippen LogP contribution < -0.4 is 0 Å². The molecule has 4 rings (SSSR count). The molecule has 24 heavy (non-hydrogen) atoms. The Labute approximate surface area is 147 Å². The van der Waals surface area contributed by atoms with E-state index in [0.717, 1.165) is 18.4 Å². The molecule has 1 aromatic heterocycles. The molecule has 1 aliphatic carbocycles. The van der Waals surface area contributed by atoms with Gasteiger partial charge in [0.05, 0.1) is 11.6 Å². The normalized spacial score (nSPS) is 22.1. The van der Waals surface area contributed by atoms with Gasteiger partial charge in [0.15, 0.2) is 0 Å². The van der Waals surface area contributed by atoms with Crippen LogP contribution >= 0.6 is 11.3 Å². The summed E-state index contributed by atoms with van der Waals surface area (Å²) in [5.41, 5.74) is 6.38. The van der Waals surface area contributed by atoms with Gasteiger partial charge >= 0.3 is 0 Å². The van der Waals surface area contributed by atoms with Crippen LogP contribution in [0.1, 0.15) is 40.7 Å². The van der Waals surface area contributed by atoms with E-state index in [1.54, 1.807) is 11.3 Å². The monoisotopic (exact) mass is 329 g/mol. The van der Waals surface area contributed by atoms with Gasteiger partial charge in [-0.2, -0.15) is 16.6 Å². The minimum absolute atomic E-state index is 0.138. The summed E-state index contributed by atoms with van der Waals surface area (Å²) < 4.78 is 0. The first kappa shape index (κ1) is 15.2. The van der Waals surface area contributed by atoms with Crippen molar-refractivity contribution in [1.29, 1.82) is 5.26 Å². The van der Waals surface area contributed by atoms with Gasteiger partial charge in [0.25, 0.3) is 0 Å². The lowest BCUT2D eigenvalue weighted by molar-refractivity contribution is 0.304. The smallest absolute Gasteiger partial charge is 0.0991 e. The topological polar surface area (TPSA) is 23.8 Å². The van der Waals surface area contributed by atoms with E-state index in [1.165, 1.54) is 22.3 Å². The molecular weight excluding hydrogens is 310 g/mol. The Bertz CT molecular complexity index is 889. The third kappa shape index (κ3) is 2.56. The maximum Gasteiger partial charge on any atom is 0.0991 e. The number of nitriles is 1. The number of hydrogen-bond acceptors (Lipinski definition) is 2. The van der Waals surface area contributed by atoms with Crippen molar-refractivity contribution in [2.24, 2.45) is 5.41 Å². The van der Waals surface area contributed by atoms with E-state index < -0.39 is 0 Å². The first-order chi connectivity index (χ1) is 11.7. The van der Waals surface area contributed by atoms with E-state index in [1.807, 2.05) is 6.07 Å². The molecule has 0 fully saturated rings. The molecule has 1 aliphatic rings. The largest absolute Gasteiger partial charge is 0.192 e. The van der Waals surface area contributed by atoms with Crippen molar-refractivity contribution in [1.82, 2.24) is 0 Å². The molecule has 1 heterocycles. The summed E-state index contributed by atoms with van der Waals surface area (Å²) in [6.07, 6.45) is 2.12. The Hall–Kier alpha value is -2.37. The molecule has 0 unspecified atom stereocenters. The molecule has 0 aliphatic heterocycles. The zero-order valence-corrected chi connectivity index (χ0v) is 14.5. The quantitative estimate of drug-likeness (QED) is 0.617. The fourth-order valence-electron chi connectivity index (χ4n) is 4.26. The highest BCUT2D eigenvalue weighted by atomic mass is 32.1. The van der Waals surface area contributed by atoms with Crippen molar-refractivity contribution in [3.8, 4) is 6.07 Å². The molecule has 0 saturated carbocycles. The van der Waals surface area contributed by atoms with Crippen LogP contribution in [0.2, 0.25) is 0 Å². The minimum Gasteiger partial charge on any atom is -0.192 e. The first-order valence-electron chi connectivity index (χ1n) is 8.28. The summed E-state index contributed by atoms with van der Waals surface area (Å²) in [6.45, 7) is 2.40. The molecular formula is C22H19NS. The third-order valence-electron chi connectivity index (χ3n) is 5.20. The van der Waals surface area contributed by atoms with Gasteiger partial charge in [-0.3, -0.25) is 0 Å². The molecule has 3 aromatic rings. The van der Waals surface area contributed by atoms with Gasteiger partial charge in [0.1, 0.15) is 0 Å². The van der Waals surface area contributed by atoms with Crippen molar-refractivity contribution in [3.63, 3.8) is 0 Å². The van der Waals surface area contributed by atoms with Crippen LogP contribution in [-0.2, 0) is 12.8 Å². The highest BCUT2D eigenvalue weighted by Crippen LogP contribution is 2.52. The molecule has 0 radical (unpaired) electrons. The van der Waals surface area contributed by atoms with Gasteiger partial charge in [0, 0.05) is 5.92 Å². The molecule has 0 bridgehead atoms. The zero-order valence-electron chi connectivity index (χ0n) is 13.7. The number of benzene rings is 2. The van der Waals surface area contributed by atoms with Crippen molar-refractivity contribution in [2.75, 3.05) is 0 Å². The highest BCUT2D eigenvalue weighted by Gasteiger charge is 2.43. The SMILES string of the molecule is C[C@@]1(Cc2ccsc2)Cc2ccc(C#N)cc2[C@@H]1c1ccccc1. The molecule has 0 saturated heterocycles. The Morgan fingerprint density at radius 3 is 2.71 bits per heavy atom. The van der Waals surface area contributed by atoms with Crippen molar-refractivity contribution in [2.45, 2.75) is 25.7 Å². The van der Waals surface area contributed by atoms with E-state index in [2.05, 4.69) is 72.3 Å². The summed E-state index contributed by atoms with van der Waals surface area (Å²) in [5, 5.41) is 13.7. The van der Waals surface area contributed by atoms with E-state index in [9.17, 15) is 5.26 Å². The van der Waals surface area contributed by atoms with Crippen molar-refractivity contribution < 1.29 is 0 Å². The Morgan fingerprint density at radius 2 is 2.00 bits per heavy atom. The van der Waals surface area contributed by atoms with Crippen LogP contribution in [0.3, 0.4) is 0 Å². The zero-order chi connectivity index (χ0) is 16.6. The summed E-state index contributed by atoms with van der Waals surface area (Å²) in [4.78, 5) is 0. The number of nitrogens with zero attached hydrogens (tertiary/aromatic N) is 1. The highest BCUT2D eigenvalue weighted by molar-refractivity contribution is 7.07. The Kier molecular flexibility index (Phi) is 3.75. The van der Waals surface area contributed by atoms with E-state index >= 15 is 0 Å². The van der Waals surface area contributed by atoms with Crippen LogP contribution in [0.15, 0.2) is 65.4 Å². The second kappa shape index (κ2) is 5.92. The maximum absolute atomic E-state index is 9.31. The predicted molar refractivity (Wildman–Crippen MR) is 99.3 cm³/mol. The van der Waals surface area contributed by atoms with E-state index in [0.29, 0.717) is 5.92 Å². The summed E-state index contributed by atoms with van der Waals surface area (Å²) in [7, 11) is 0. The van der Waals surface area contributed by atoms with Crippen LogP contribution in [0.5, 0.6) is 0 Å². The number of rotatable bonds is 3. The molecule has 2 aromatic carbocycles. The average molecular weight is 329 g/mol. The van der Waals surface area contributed by atoms with Gasteiger partial charge in [0.2, 0.25) is 0 Å². The molecule has 118 valence electrons. The van der Waals surface area contributed by atoms with Gasteiger partial charge in [-0.05, 0) is 69.5 Å². The maximum atomic E-state index is 9.31. The average Bonchev–Trinajstić information content (AvgIpc) is 3.19. The van der Waals surface area contributed by atoms with Gasteiger partial charge in [-0.25, -0.2) is 0 Å². The van der Waals surface area contributed by atoms with E-state index in [-0.39, 0.29) is 5.41 Å². The molecule has 0 spiro atoms. The van der Waals surface area contributed by atoms with Gasteiger partial charge in [-0.1, -0.05) is 43.3 Å². The summed E-state index contributed by atoms with van der Waals surface area (Å²) >= 11 is 1.77.